The van der Waals surface area contributed by atoms with Crippen molar-refractivity contribution >= 4 is 5.91 Å². The van der Waals surface area contributed by atoms with Crippen molar-refractivity contribution in [3.63, 3.8) is 0 Å². The fraction of sp³-hybridized carbons (Fsp3) is 0.222. The average molecular weight is 354 g/mol. The Morgan fingerprint density at radius 1 is 1.15 bits per heavy atom. The number of ether oxygens (including phenoxy) is 2. The molecule has 0 spiro atoms. The van der Waals surface area contributed by atoms with Crippen LogP contribution in [0.15, 0.2) is 47.1 Å². The normalized spacial score (nSPS) is 10.4. The van der Waals surface area contributed by atoms with Gasteiger partial charge in [-0.2, -0.15) is 0 Å². The number of hydrogen-bond donors (Lipinski definition) is 1. The Morgan fingerprint density at radius 3 is 2.73 bits per heavy atom. The van der Waals surface area contributed by atoms with Crippen molar-refractivity contribution in [3.05, 3.63) is 54.2 Å². The molecule has 1 aromatic carbocycles. The SMILES string of the molecule is COc1ccc(CC(=O)NCc2nnc(-c3cccnc3)o2)cc1OC. The van der Waals surface area contributed by atoms with Crippen LogP contribution in [0.5, 0.6) is 11.5 Å². The van der Waals surface area contributed by atoms with Crippen LogP contribution < -0.4 is 14.8 Å². The highest BCUT2D eigenvalue weighted by molar-refractivity contribution is 5.78. The fourth-order valence-electron chi connectivity index (χ4n) is 2.34. The summed E-state index contributed by atoms with van der Waals surface area (Å²) in [5.74, 6) is 1.71. The molecule has 0 saturated heterocycles. The second-order valence-electron chi connectivity index (χ2n) is 5.39. The number of benzene rings is 1. The summed E-state index contributed by atoms with van der Waals surface area (Å²) in [5.41, 5.74) is 1.53. The highest BCUT2D eigenvalue weighted by Gasteiger charge is 2.11. The predicted octanol–water partition coefficient (Wildman–Crippen LogP) is 2.01. The van der Waals surface area contributed by atoms with Crippen molar-refractivity contribution in [3.8, 4) is 23.0 Å². The number of carbonyl (C=O) groups excluding carboxylic acids is 1. The van der Waals surface area contributed by atoms with Crippen molar-refractivity contribution in [1.82, 2.24) is 20.5 Å². The van der Waals surface area contributed by atoms with Crippen molar-refractivity contribution in [2.75, 3.05) is 14.2 Å². The van der Waals surface area contributed by atoms with E-state index in [-0.39, 0.29) is 18.9 Å². The van der Waals surface area contributed by atoms with Crippen LogP contribution >= 0.6 is 0 Å². The van der Waals surface area contributed by atoms with Gasteiger partial charge in [0.05, 0.1) is 32.7 Å². The van der Waals surface area contributed by atoms with Gasteiger partial charge in [0.2, 0.25) is 17.7 Å². The number of rotatable bonds is 7. The van der Waals surface area contributed by atoms with E-state index in [9.17, 15) is 4.79 Å². The van der Waals surface area contributed by atoms with Crippen LogP contribution in [0.3, 0.4) is 0 Å². The van der Waals surface area contributed by atoms with E-state index < -0.39 is 0 Å². The molecule has 134 valence electrons. The first-order valence-electron chi connectivity index (χ1n) is 7.90. The first-order chi connectivity index (χ1) is 12.7. The molecule has 0 aliphatic carbocycles. The summed E-state index contributed by atoms with van der Waals surface area (Å²) in [6.07, 6.45) is 3.49. The Morgan fingerprint density at radius 2 is 2.00 bits per heavy atom. The highest BCUT2D eigenvalue weighted by Crippen LogP contribution is 2.27. The van der Waals surface area contributed by atoms with Crippen LogP contribution in [-0.4, -0.2) is 35.3 Å². The summed E-state index contributed by atoms with van der Waals surface area (Å²) < 4.78 is 15.9. The molecule has 0 unspecified atom stereocenters. The highest BCUT2D eigenvalue weighted by atomic mass is 16.5. The van der Waals surface area contributed by atoms with E-state index in [0.29, 0.717) is 23.3 Å². The lowest BCUT2D eigenvalue weighted by Gasteiger charge is -2.09. The van der Waals surface area contributed by atoms with E-state index in [1.54, 1.807) is 44.8 Å². The van der Waals surface area contributed by atoms with E-state index in [1.165, 1.54) is 0 Å². The number of hydrogen-bond acceptors (Lipinski definition) is 7. The Kier molecular flexibility index (Phi) is 5.43. The van der Waals surface area contributed by atoms with Crippen molar-refractivity contribution in [1.29, 1.82) is 0 Å². The Bertz CT molecular complexity index is 880. The summed E-state index contributed by atoms with van der Waals surface area (Å²) >= 11 is 0. The molecule has 0 aliphatic rings. The van der Waals surface area contributed by atoms with E-state index in [0.717, 1.165) is 11.1 Å². The van der Waals surface area contributed by atoms with Crippen LogP contribution in [-0.2, 0) is 17.8 Å². The molecule has 2 heterocycles. The Labute approximate surface area is 150 Å². The monoisotopic (exact) mass is 354 g/mol. The van der Waals surface area contributed by atoms with Gasteiger partial charge in [0.1, 0.15) is 0 Å². The van der Waals surface area contributed by atoms with Gasteiger partial charge in [-0.1, -0.05) is 6.07 Å². The molecule has 0 saturated carbocycles. The predicted molar refractivity (Wildman–Crippen MR) is 92.6 cm³/mol. The molecule has 8 heteroatoms. The number of aromatic nitrogens is 3. The topological polar surface area (TPSA) is 99.4 Å². The van der Waals surface area contributed by atoms with Crippen LogP contribution in [0.2, 0.25) is 0 Å². The molecule has 0 fully saturated rings. The van der Waals surface area contributed by atoms with Gasteiger partial charge in [0, 0.05) is 12.4 Å². The van der Waals surface area contributed by atoms with Crippen LogP contribution in [0.4, 0.5) is 0 Å². The maximum absolute atomic E-state index is 12.1. The quantitative estimate of drug-likeness (QED) is 0.693. The number of methoxy groups -OCH3 is 2. The van der Waals surface area contributed by atoms with Gasteiger partial charge in [0.25, 0.3) is 0 Å². The maximum Gasteiger partial charge on any atom is 0.249 e. The molecule has 1 amide bonds. The van der Waals surface area contributed by atoms with Gasteiger partial charge in [-0.25, -0.2) is 0 Å². The van der Waals surface area contributed by atoms with Crippen LogP contribution in [0.1, 0.15) is 11.5 Å². The molecule has 0 bridgehead atoms. The third kappa shape index (κ3) is 4.15. The molecule has 0 atom stereocenters. The second-order valence-corrected chi connectivity index (χ2v) is 5.39. The lowest BCUT2D eigenvalue weighted by molar-refractivity contribution is -0.120. The molecule has 3 rings (SSSR count). The lowest BCUT2D eigenvalue weighted by atomic mass is 10.1. The van der Waals surface area contributed by atoms with E-state index in [2.05, 4.69) is 20.5 Å². The van der Waals surface area contributed by atoms with Gasteiger partial charge in [0.15, 0.2) is 11.5 Å². The zero-order valence-corrected chi connectivity index (χ0v) is 14.4. The van der Waals surface area contributed by atoms with Crippen molar-refractivity contribution < 1.29 is 18.7 Å². The van der Waals surface area contributed by atoms with E-state index in [1.807, 2.05) is 12.1 Å². The zero-order chi connectivity index (χ0) is 18.4. The van der Waals surface area contributed by atoms with Crippen LogP contribution in [0, 0.1) is 0 Å². The van der Waals surface area contributed by atoms with Gasteiger partial charge in [-0.15, -0.1) is 10.2 Å². The van der Waals surface area contributed by atoms with Gasteiger partial charge >= 0.3 is 0 Å². The molecular weight excluding hydrogens is 336 g/mol. The maximum atomic E-state index is 12.1. The van der Waals surface area contributed by atoms with Gasteiger partial charge in [-0.05, 0) is 29.8 Å². The zero-order valence-electron chi connectivity index (χ0n) is 14.4. The van der Waals surface area contributed by atoms with Gasteiger partial charge < -0.3 is 19.2 Å². The Balaban J connectivity index is 1.57. The molecule has 1 N–H and O–H groups in total. The number of carbonyl (C=O) groups is 1. The minimum atomic E-state index is -0.168. The van der Waals surface area contributed by atoms with E-state index >= 15 is 0 Å². The smallest absolute Gasteiger partial charge is 0.249 e. The summed E-state index contributed by atoms with van der Waals surface area (Å²) in [6, 6.07) is 8.95. The summed E-state index contributed by atoms with van der Waals surface area (Å²) in [7, 11) is 3.12. The van der Waals surface area contributed by atoms with E-state index in [4.69, 9.17) is 13.9 Å². The van der Waals surface area contributed by atoms with Crippen molar-refractivity contribution in [2.24, 2.45) is 0 Å². The molecule has 8 nitrogen and oxygen atoms in total. The molecular formula is C18H18N4O4. The summed E-state index contributed by atoms with van der Waals surface area (Å²) in [5, 5.41) is 10.6. The number of nitrogens with one attached hydrogen (secondary N) is 1. The average Bonchev–Trinajstić information content (AvgIpc) is 3.16. The summed E-state index contributed by atoms with van der Waals surface area (Å²) in [6.45, 7) is 0.152. The molecule has 3 aromatic rings. The minimum absolute atomic E-state index is 0.152. The largest absolute Gasteiger partial charge is 0.493 e. The minimum Gasteiger partial charge on any atom is -0.493 e. The molecule has 26 heavy (non-hydrogen) atoms. The molecule has 0 aliphatic heterocycles. The first kappa shape index (κ1) is 17.4. The number of pyridine rings is 1. The van der Waals surface area contributed by atoms with Crippen molar-refractivity contribution in [2.45, 2.75) is 13.0 Å². The first-order valence-corrected chi connectivity index (χ1v) is 7.90. The number of amides is 1. The Hall–Kier alpha value is -3.42. The lowest BCUT2D eigenvalue weighted by Crippen LogP contribution is -2.24. The third-order valence-electron chi connectivity index (χ3n) is 3.62. The fourth-order valence-corrected chi connectivity index (χ4v) is 2.34. The molecule has 0 radical (unpaired) electrons. The molecule has 2 aromatic heterocycles. The number of nitrogens with zero attached hydrogens (tertiary/aromatic N) is 3. The summed E-state index contributed by atoms with van der Waals surface area (Å²) in [4.78, 5) is 16.1. The van der Waals surface area contributed by atoms with Gasteiger partial charge in [-0.3, -0.25) is 9.78 Å². The third-order valence-corrected chi connectivity index (χ3v) is 3.62. The second kappa shape index (κ2) is 8.11. The van der Waals surface area contributed by atoms with Crippen LogP contribution in [0.25, 0.3) is 11.5 Å². The standard InChI is InChI=1S/C18H18N4O4/c1-24-14-6-5-12(8-15(14)25-2)9-16(23)20-11-17-21-22-18(26-17)13-4-3-7-19-10-13/h3-8,10H,9,11H2,1-2H3,(H,20,23).